The van der Waals surface area contributed by atoms with Gasteiger partial charge >= 0.3 is 0 Å². The number of benzene rings is 2. The van der Waals surface area contributed by atoms with Crippen LogP contribution in [0.5, 0.6) is 0 Å². The van der Waals surface area contributed by atoms with Crippen LogP contribution < -0.4 is 0 Å². The van der Waals surface area contributed by atoms with Gasteiger partial charge in [-0.1, -0.05) is 18.5 Å². The Bertz CT molecular complexity index is 1210. The number of pyridine rings is 1. The Balaban J connectivity index is 1.27. The van der Waals surface area contributed by atoms with Crippen molar-refractivity contribution in [2.24, 2.45) is 5.92 Å². The number of hydrogen-bond acceptors (Lipinski definition) is 2. The zero-order chi connectivity index (χ0) is 21.5. The molecule has 0 saturated heterocycles. The van der Waals surface area contributed by atoms with E-state index in [-0.39, 0.29) is 16.8 Å². The van der Waals surface area contributed by atoms with Crippen molar-refractivity contribution < 1.29 is 8.78 Å². The van der Waals surface area contributed by atoms with Gasteiger partial charge in [-0.3, -0.25) is 4.98 Å². The number of hydrogen-bond donors (Lipinski definition) is 1. The highest BCUT2D eigenvalue weighted by molar-refractivity contribution is 6.31. The van der Waals surface area contributed by atoms with E-state index in [2.05, 4.69) is 21.9 Å². The molecule has 0 radical (unpaired) electrons. The summed E-state index contributed by atoms with van der Waals surface area (Å²) in [7, 11) is 0. The minimum atomic E-state index is -0.432. The number of rotatable bonds is 4. The third-order valence-electron chi connectivity index (χ3n) is 6.72. The fourth-order valence-electron chi connectivity index (χ4n) is 5.07. The molecule has 4 aromatic rings. The lowest BCUT2D eigenvalue weighted by Gasteiger charge is -2.30. The van der Waals surface area contributed by atoms with E-state index < -0.39 is 5.82 Å². The second-order valence-electron chi connectivity index (χ2n) is 8.82. The molecular weight excluding hydrogens is 416 g/mol. The predicted molar refractivity (Wildman–Crippen MR) is 120 cm³/mol. The first-order valence-electron chi connectivity index (χ1n) is 10.9. The summed E-state index contributed by atoms with van der Waals surface area (Å²) in [5, 5.41) is 1.03. The summed E-state index contributed by atoms with van der Waals surface area (Å²) in [6, 6.07) is 9.88. The summed E-state index contributed by atoms with van der Waals surface area (Å²) in [5.74, 6) is 1.55. The molecule has 0 amide bonds. The number of fused-ring (bicyclic) bond motifs is 2. The van der Waals surface area contributed by atoms with Crippen molar-refractivity contribution in [1.29, 1.82) is 0 Å². The number of H-pyrrole nitrogens is 1. The smallest absolute Gasteiger partial charge is 0.144 e. The van der Waals surface area contributed by atoms with Crippen molar-refractivity contribution in [3.05, 3.63) is 70.6 Å². The predicted octanol–water partition coefficient (Wildman–Crippen LogP) is 7.51. The van der Waals surface area contributed by atoms with Crippen molar-refractivity contribution in [1.82, 2.24) is 15.0 Å². The molecule has 2 aromatic carbocycles. The maximum atomic E-state index is 13.8. The van der Waals surface area contributed by atoms with E-state index in [9.17, 15) is 8.78 Å². The fraction of sp³-hybridized carbons (Fsp3) is 0.360. The zero-order valence-electron chi connectivity index (χ0n) is 17.3. The number of aromatic amines is 1. The first-order chi connectivity index (χ1) is 15.0. The molecule has 5 rings (SSSR count). The summed E-state index contributed by atoms with van der Waals surface area (Å²) < 4.78 is 27.5. The highest BCUT2D eigenvalue weighted by atomic mass is 35.5. The van der Waals surface area contributed by atoms with E-state index in [4.69, 9.17) is 11.6 Å². The largest absolute Gasteiger partial charge is 0.342 e. The minimum Gasteiger partial charge on any atom is -0.342 e. The highest BCUT2D eigenvalue weighted by Crippen LogP contribution is 2.41. The van der Waals surface area contributed by atoms with Gasteiger partial charge in [0.05, 0.1) is 21.6 Å². The highest BCUT2D eigenvalue weighted by Gasteiger charge is 2.26. The van der Waals surface area contributed by atoms with Gasteiger partial charge in [-0.25, -0.2) is 13.8 Å². The van der Waals surface area contributed by atoms with Gasteiger partial charge in [0, 0.05) is 23.6 Å². The lowest BCUT2D eigenvalue weighted by atomic mass is 9.75. The minimum absolute atomic E-state index is 0.0973. The van der Waals surface area contributed by atoms with Crippen LogP contribution in [0.15, 0.2) is 42.6 Å². The molecule has 0 spiro atoms. The third kappa shape index (κ3) is 4.03. The van der Waals surface area contributed by atoms with Crippen molar-refractivity contribution in [2.75, 3.05) is 0 Å². The number of nitrogens with zero attached hydrogens (tertiary/aromatic N) is 2. The Morgan fingerprint density at radius 3 is 2.68 bits per heavy atom. The average molecular weight is 440 g/mol. The summed E-state index contributed by atoms with van der Waals surface area (Å²) >= 11 is 5.89. The van der Waals surface area contributed by atoms with E-state index in [0.29, 0.717) is 22.9 Å². The lowest BCUT2D eigenvalue weighted by Crippen LogP contribution is -2.16. The Kier molecular flexibility index (Phi) is 5.39. The van der Waals surface area contributed by atoms with Crippen LogP contribution in [0.2, 0.25) is 5.02 Å². The Labute approximate surface area is 184 Å². The van der Waals surface area contributed by atoms with Crippen LogP contribution in [0.25, 0.3) is 21.9 Å². The van der Waals surface area contributed by atoms with Crippen molar-refractivity contribution in [3.8, 4) is 0 Å². The van der Waals surface area contributed by atoms with Crippen LogP contribution in [-0.4, -0.2) is 15.0 Å². The molecule has 1 aliphatic carbocycles. The molecule has 0 aliphatic heterocycles. The molecular formula is C25H24ClF2N3. The molecule has 160 valence electrons. The number of imidazole rings is 1. The van der Waals surface area contributed by atoms with Gasteiger partial charge in [0.2, 0.25) is 0 Å². The third-order valence-corrected chi connectivity index (χ3v) is 7.01. The van der Waals surface area contributed by atoms with Gasteiger partial charge in [-0.15, -0.1) is 0 Å². The normalized spacial score (nSPS) is 20.4. The number of nitrogens with one attached hydrogen (secondary N) is 1. The van der Waals surface area contributed by atoms with Gasteiger partial charge in [-0.05, 0) is 79.8 Å². The summed E-state index contributed by atoms with van der Waals surface area (Å²) in [6.07, 6.45) is 7.32. The SMILES string of the molecule is C[C@H](CC1CCC(c2ccnc3ccc(F)cc23)CC1)c1nc2cc(Cl)c(F)cc2[nH]1. The Morgan fingerprint density at radius 1 is 1.06 bits per heavy atom. The van der Waals surface area contributed by atoms with E-state index in [1.54, 1.807) is 18.2 Å². The van der Waals surface area contributed by atoms with Gasteiger partial charge in [-0.2, -0.15) is 0 Å². The molecule has 1 fully saturated rings. The quantitative estimate of drug-likeness (QED) is 0.357. The van der Waals surface area contributed by atoms with Crippen LogP contribution in [0, 0.1) is 17.6 Å². The summed E-state index contributed by atoms with van der Waals surface area (Å²) in [6.45, 7) is 2.17. The van der Waals surface area contributed by atoms with E-state index in [0.717, 1.165) is 48.8 Å². The van der Waals surface area contributed by atoms with Crippen LogP contribution >= 0.6 is 11.6 Å². The lowest BCUT2D eigenvalue weighted by molar-refractivity contribution is 0.296. The molecule has 3 nitrogen and oxygen atoms in total. The number of aromatic nitrogens is 3. The second kappa shape index (κ2) is 8.19. The van der Waals surface area contributed by atoms with Crippen molar-refractivity contribution >= 4 is 33.5 Å². The van der Waals surface area contributed by atoms with Crippen LogP contribution in [0.4, 0.5) is 8.78 Å². The first-order valence-corrected chi connectivity index (χ1v) is 11.2. The standard InChI is InChI=1S/C25H24ClF2N3/c1-14(25-30-23-12-20(26)21(28)13-24(23)31-25)10-15-2-4-16(5-3-15)18-8-9-29-22-7-6-17(27)11-19(18)22/h6-9,11-16H,2-5,10H2,1H3,(H,30,31)/t14-,15?,16?/m1/s1. The van der Waals surface area contributed by atoms with E-state index in [1.807, 2.05) is 12.3 Å². The fourth-order valence-corrected chi connectivity index (χ4v) is 5.23. The summed E-state index contributed by atoms with van der Waals surface area (Å²) in [5.41, 5.74) is 3.46. The maximum Gasteiger partial charge on any atom is 0.144 e. The molecule has 1 saturated carbocycles. The Hall–Kier alpha value is -2.53. The van der Waals surface area contributed by atoms with E-state index >= 15 is 0 Å². The van der Waals surface area contributed by atoms with Gasteiger partial charge in [0.25, 0.3) is 0 Å². The van der Waals surface area contributed by atoms with Gasteiger partial charge in [0.15, 0.2) is 0 Å². The topological polar surface area (TPSA) is 41.6 Å². The monoisotopic (exact) mass is 439 g/mol. The average Bonchev–Trinajstić information content (AvgIpc) is 3.17. The summed E-state index contributed by atoms with van der Waals surface area (Å²) in [4.78, 5) is 12.3. The zero-order valence-corrected chi connectivity index (χ0v) is 18.1. The first kappa shape index (κ1) is 20.4. The molecule has 2 heterocycles. The van der Waals surface area contributed by atoms with E-state index in [1.165, 1.54) is 17.7 Å². The van der Waals surface area contributed by atoms with Crippen LogP contribution in [-0.2, 0) is 0 Å². The Morgan fingerprint density at radius 2 is 1.87 bits per heavy atom. The van der Waals surface area contributed by atoms with Crippen molar-refractivity contribution in [3.63, 3.8) is 0 Å². The molecule has 0 unspecified atom stereocenters. The molecule has 6 heteroatoms. The van der Waals surface area contributed by atoms with Gasteiger partial charge < -0.3 is 4.98 Å². The second-order valence-corrected chi connectivity index (χ2v) is 9.23. The maximum absolute atomic E-state index is 13.8. The number of halogens is 3. The molecule has 1 atom stereocenters. The molecule has 2 aromatic heterocycles. The van der Waals surface area contributed by atoms with Crippen molar-refractivity contribution in [2.45, 2.75) is 50.9 Å². The van der Waals surface area contributed by atoms with Crippen LogP contribution in [0.3, 0.4) is 0 Å². The molecule has 31 heavy (non-hydrogen) atoms. The molecule has 1 aliphatic rings. The van der Waals surface area contributed by atoms with Gasteiger partial charge in [0.1, 0.15) is 17.5 Å². The molecule has 1 N–H and O–H groups in total. The van der Waals surface area contributed by atoms with Crippen LogP contribution in [0.1, 0.15) is 62.3 Å². The molecule has 0 bridgehead atoms.